The molecule has 1 aromatic rings. The second kappa shape index (κ2) is 5.44. The number of anilines is 1. The summed E-state index contributed by atoms with van der Waals surface area (Å²) < 4.78 is 0. The average molecular weight is 273 g/mol. The van der Waals surface area contributed by atoms with Gasteiger partial charge < -0.3 is 10.6 Å². The van der Waals surface area contributed by atoms with Crippen molar-refractivity contribution < 1.29 is 4.79 Å². The zero-order valence-electron chi connectivity index (χ0n) is 12.1. The maximum absolute atomic E-state index is 12.5. The number of piperazine rings is 1. The van der Waals surface area contributed by atoms with Crippen LogP contribution in [0.3, 0.4) is 0 Å². The summed E-state index contributed by atoms with van der Waals surface area (Å²) in [5.74, 6) is 1.00. The molecule has 1 saturated carbocycles. The summed E-state index contributed by atoms with van der Waals surface area (Å²) in [6.45, 7) is 6.79. The Morgan fingerprint density at radius 2 is 1.95 bits per heavy atom. The molecule has 0 bridgehead atoms. The van der Waals surface area contributed by atoms with Gasteiger partial charge in [-0.05, 0) is 37.3 Å². The van der Waals surface area contributed by atoms with E-state index in [0.29, 0.717) is 11.3 Å². The third kappa shape index (κ3) is 2.80. The largest absolute Gasteiger partial charge is 0.398 e. The van der Waals surface area contributed by atoms with Crippen molar-refractivity contribution in [1.82, 2.24) is 9.80 Å². The zero-order chi connectivity index (χ0) is 14.1. The van der Waals surface area contributed by atoms with Crippen LogP contribution in [0.25, 0.3) is 0 Å². The van der Waals surface area contributed by atoms with Gasteiger partial charge in [-0.1, -0.05) is 12.1 Å². The fourth-order valence-electron chi connectivity index (χ4n) is 2.84. The van der Waals surface area contributed by atoms with E-state index in [4.69, 9.17) is 5.73 Å². The maximum Gasteiger partial charge on any atom is 0.256 e. The van der Waals surface area contributed by atoms with Crippen molar-refractivity contribution in [3.8, 4) is 0 Å². The Labute approximate surface area is 120 Å². The number of rotatable bonds is 3. The van der Waals surface area contributed by atoms with Crippen LogP contribution >= 0.6 is 0 Å². The minimum absolute atomic E-state index is 0.0808. The first-order valence-electron chi connectivity index (χ1n) is 7.52. The lowest BCUT2D eigenvalue weighted by molar-refractivity contribution is 0.0633. The Kier molecular flexibility index (Phi) is 3.66. The lowest BCUT2D eigenvalue weighted by atomic mass is 10.1. The number of carbonyl (C=O) groups excluding carboxylic acids is 1. The van der Waals surface area contributed by atoms with E-state index in [9.17, 15) is 4.79 Å². The Morgan fingerprint density at radius 1 is 1.25 bits per heavy atom. The molecule has 1 aromatic carbocycles. The molecule has 4 nitrogen and oxygen atoms in total. The monoisotopic (exact) mass is 273 g/mol. The molecule has 20 heavy (non-hydrogen) atoms. The van der Waals surface area contributed by atoms with Crippen LogP contribution in [0.5, 0.6) is 0 Å². The van der Waals surface area contributed by atoms with E-state index in [-0.39, 0.29) is 5.91 Å². The lowest BCUT2D eigenvalue weighted by Gasteiger charge is -2.35. The number of aryl methyl sites for hydroxylation is 1. The Balaban J connectivity index is 1.62. The van der Waals surface area contributed by atoms with Crippen LogP contribution in [0.1, 0.15) is 28.8 Å². The van der Waals surface area contributed by atoms with Crippen molar-refractivity contribution in [1.29, 1.82) is 0 Å². The normalized spacial score (nSPS) is 20.1. The summed E-state index contributed by atoms with van der Waals surface area (Å²) >= 11 is 0. The first-order chi connectivity index (χ1) is 9.65. The average Bonchev–Trinajstić information content (AvgIpc) is 3.26. The third-order valence-corrected chi connectivity index (χ3v) is 4.43. The summed E-state index contributed by atoms with van der Waals surface area (Å²) in [7, 11) is 0. The first kappa shape index (κ1) is 13.4. The molecule has 3 rings (SSSR count). The van der Waals surface area contributed by atoms with E-state index in [2.05, 4.69) is 4.90 Å². The van der Waals surface area contributed by atoms with E-state index in [1.165, 1.54) is 19.4 Å². The molecule has 1 aliphatic heterocycles. The van der Waals surface area contributed by atoms with Crippen molar-refractivity contribution in [2.75, 3.05) is 38.5 Å². The first-order valence-corrected chi connectivity index (χ1v) is 7.52. The Morgan fingerprint density at radius 3 is 2.60 bits per heavy atom. The van der Waals surface area contributed by atoms with Gasteiger partial charge >= 0.3 is 0 Å². The van der Waals surface area contributed by atoms with Crippen LogP contribution in [-0.2, 0) is 0 Å². The van der Waals surface area contributed by atoms with Crippen LogP contribution in [-0.4, -0.2) is 48.4 Å². The van der Waals surface area contributed by atoms with Crippen LogP contribution in [0, 0.1) is 12.8 Å². The number of amides is 1. The molecule has 1 heterocycles. The number of para-hydroxylation sites is 1. The SMILES string of the molecule is Cc1cccc(C(=O)N2CCN(CC3CC3)CC2)c1N. The van der Waals surface area contributed by atoms with Crippen LogP contribution in [0.15, 0.2) is 18.2 Å². The van der Waals surface area contributed by atoms with Gasteiger partial charge in [0, 0.05) is 38.4 Å². The number of carbonyl (C=O) groups is 1. The van der Waals surface area contributed by atoms with Gasteiger partial charge in [0.1, 0.15) is 0 Å². The van der Waals surface area contributed by atoms with Gasteiger partial charge in [0.25, 0.3) is 5.91 Å². The second-order valence-electron chi connectivity index (χ2n) is 6.07. The number of nitrogen functional groups attached to an aromatic ring is 1. The van der Waals surface area contributed by atoms with Crippen molar-refractivity contribution in [2.24, 2.45) is 5.92 Å². The summed E-state index contributed by atoms with van der Waals surface area (Å²) in [6, 6.07) is 5.68. The predicted molar refractivity (Wildman–Crippen MR) is 80.7 cm³/mol. The smallest absolute Gasteiger partial charge is 0.256 e. The molecule has 0 radical (unpaired) electrons. The minimum Gasteiger partial charge on any atom is -0.398 e. The van der Waals surface area contributed by atoms with E-state index >= 15 is 0 Å². The van der Waals surface area contributed by atoms with Crippen molar-refractivity contribution in [2.45, 2.75) is 19.8 Å². The van der Waals surface area contributed by atoms with Crippen molar-refractivity contribution in [3.63, 3.8) is 0 Å². The summed E-state index contributed by atoms with van der Waals surface area (Å²) in [5.41, 5.74) is 8.29. The molecule has 2 N–H and O–H groups in total. The van der Waals surface area contributed by atoms with Gasteiger partial charge in [0.2, 0.25) is 0 Å². The molecule has 1 saturated heterocycles. The molecular formula is C16H23N3O. The Bertz CT molecular complexity index is 502. The minimum atomic E-state index is 0.0808. The highest BCUT2D eigenvalue weighted by atomic mass is 16.2. The van der Waals surface area contributed by atoms with Gasteiger partial charge in [-0.15, -0.1) is 0 Å². The summed E-state index contributed by atoms with van der Waals surface area (Å²) in [5, 5.41) is 0. The molecule has 2 fully saturated rings. The van der Waals surface area contributed by atoms with E-state index in [0.717, 1.165) is 37.7 Å². The molecule has 0 unspecified atom stereocenters. The summed E-state index contributed by atoms with van der Waals surface area (Å²) in [4.78, 5) is 17.0. The molecule has 0 spiro atoms. The van der Waals surface area contributed by atoms with Gasteiger partial charge in [-0.2, -0.15) is 0 Å². The molecular weight excluding hydrogens is 250 g/mol. The molecule has 0 aromatic heterocycles. The number of hydrogen-bond acceptors (Lipinski definition) is 3. The zero-order valence-corrected chi connectivity index (χ0v) is 12.1. The highest BCUT2D eigenvalue weighted by Crippen LogP contribution is 2.30. The van der Waals surface area contributed by atoms with Gasteiger partial charge in [0.15, 0.2) is 0 Å². The highest BCUT2D eigenvalue weighted by molar-refractivity contribution is 5.99. The standard InChI is InChI=1S/C16H23N3O/c1-12-3-2-4-14(15(12)17)16(20)19-9-7-18(8-10-19)11-13-5-6-13/h2-4,13H,5-11,17H2,1H3. The Hall–Kier alpha value is -1.55. The number of benzene rings is 1. The topological polar surface area (TPSA) is 49.6 Å². The molecule has 4 heteroatoms. The maximum atomic E-state index is 12.5. The van der Waals surface area contributed by atoms with Crippen molar-refractivity contribution in [3.05, 3.63) is 29.3 Å². The summed E-state index contributed by atoms with van der Waals surface area (Å²) in [6.07, 6.45) is 2.78. The molecule has 1 amide bonds. The molecule has 2 aliphatic rings. The number of hydrogen-bond donors (Lipinski definition) is 1. The van der Waals surface area contributed by atoms with Crippen molar-refractivity contribution >= 4 is 11.6 Å². The van der Waals surface area contributed by atoms with Crippen LogP contribution < -0.4 is 5.73 Å². The van der Waals surface area contributed by atoms with Gasteiger partial charge in [-0.25, -0.2) is 0 Å². The van der Waals surface area contributed by atoms with Gasteiger partial charge in [-0.3, -0.25) is 9.69 Å². The highest BCUT2D eigenvalue weighted by Gasteiger charge is 2.28. The molecule has 0 atom stereocenters. The lowest BCUT2D eigenvalue weighted by Crippen LogP contribution is -2.49. The molecule has 1 aliphatic carbocycles. The second-order valence-corrected chi connectivity index (χ2v) is 6.07. The number of nitrogens with zero attached hydrogens (tertiary/aromatic N) is 2. The fraction of sp³-hybridized carbons (Fsp3) is 0.562. The third-order valence-electron chi connectivity index (χ3n) is 4.43. The predicted octanol–water partition coefficient (Wildman–Crippen LogP) is 1.75. The van der Waals surface area contributed by atoms with Gasteiger partial charge in [0.05, 0.1) is 5.56 Å². The van der Waals surface area contributed by atoms with E-state index in [1.54, 1.807) is 0 Å². The van der Waals surface area contributed by atoms with Crippen LogP contribution in [0.2, 0.25) is 0 Å². The quantitative estimate of drug-likeness (QED) is 0.854. The van der Waals surface area contributed by atoms with E-state index in [1.807, 2.05) is 30.0 Å². The van der Waals surface area contributed by atoms with Crippen LogP contribution in [0.4, 0.5) is 5.69 Å². The number of nitrogens with two attached hydrogens (primary N) is 1. The van der Waals surface area contributed by atoms with E-state index < -0.39 is 0 Å². The molecule has 108 valence electrons. The fourth-order valence-corrected chi connectivity index (χ4v) is 2.84.